The second-order valence-electron chi connectivity index (χ2n) is 3.22. The minimum atomic E-state index is -0.550. The minimum Gasteiger partial charge on any atom is -0.382 e. The van der Waals surface area contributed by atoms with Gasteiger partial charge in [0.2, 0.25) is 0 Å². The normalized spacial score (nSPS) is 13.1. The maximum atomic E-state index is 10.2. The first kappa shape index (κ1) is 11.3. The third-order valence-electron chi connectivity index (χ3n) is 2.08. The van der Waals surface area contributed by atoms with E-state index in [9.17, 15) is 5.11 Å². The lowest BCUT2D eigenvalue weighted by atomic mass is 10.2. The van der Waals surface area contributed by atoms with Crippen LogP contribution in [0, 0.1) is 13.8 Å². The smallest absolute Gasteiger partial charge is 0.125 e. The SMILES string of the molecule is Cc1nc(C)c(C(O)c2sccc2Br)s1. The van der Waals surface area contributed by atoms with Crippen LogP contribution in [-0.2, 0) is 0 Å². The molecule has 15 heavy (non-hydrogen) atoms. The maximum Gasteiger partial charge on any atom is 0.125 e. The molecule has 80 valence electrons. The average molecular weight is 304 g/mol. The van der Waals surface area contributed by atoms with E-state index in [2.05, 4.69) is 20.9 Å². The number of aryl methyl sites for hydroxylation is 2. The van der Waals surface area contributed by atoms with Gasteiger partial charge in [-0.1, -0.05) is 0 Å². The maximum absolute atomic E-state index is 10.2. The molecule has 0 aliphatic carbocycles. The predicted octanol–water partition coefficient (Wildman–Crippen LogP) is 3.67. The third kappa shape index (κ3) is 2.15. The largest absolute Gasteiger partial charge is 0.382 e. The highest BCUT2D eigenvalue weighted by Crippen LogP contribution is 2.36. The van der Waals surface area contributed by atoms with Gasteiger partial charge in [-0.25, -0.2) is 4.98 Å². The molecule has 1 unspecified atom stereocenters. The molecule has 0 aliphatic rings. The molecule has 0 spiro atoms. The number of hydrogen-bond donors (Lipinski definition) is 1. The van der Waals surface area contributed by atoms with Crippen molar-refractivity contribution in [3.8, 4) is 0 Å². The Kier molecular flexibility index (Phi) is 3.25. The summed E-state index contributed by atoms with van der Waals surface area (Å²) >= 11 is 6.54. The fourth-order valence-electron chi connectivity index (χ4n) is 1.42. The van der Waals surface area contributed by atoms with Crippen LogP contribution in [0.15, 0.2) is 15.9 Å². The Bertz CT molecular complexity index is 477. The van der Waals surface area contributed by atoms with E-state index in [-0.39, 0.29) is 0 Å². The summed E-state index contributed by atoms with van der Waals surface area (Å²) in [6.45, 7) is 3.89. The zero-order chi connectivity index (χ0) is 11.0. The van der Waals surface area contributed by atoms with E-state index in [1.807, 2.05) is 25.3 Å². The van der Waals surface area contributed by atoms with Crippen LogP contribution in [0.2, 0.25) is 0 Å². The van der Waals surface area contributed by atoms with Crippen LogP contribution in [0.3, 0.4) is 0 Å². The Morgan fingerprint density at radius 3 is 2.60 bits per heavy atom. The van der Waals surface area contributed by atoms with Crippen LogP contribution in [0.4, 0.5) is 0 Å². The number of thiazole rings is 1. The van der Waals surface area contributed by atoms with Gasteiger partial charge in [-0.3, -0.25) is 0 Å². The van der Waals surface area contributed by atoms with Gasteiger partial charge in [0.25, 0.3) is 0 Å². The van der Waals surface area contributed by atoms with Gasteiger partial charge in [0, 0.05) is 4.47 Å². The van der Waals surface area contributed by atoms with Crippen molar-refractivity contribution in [2.75, 3.05) is 0 Å². The molecule has 0 radical (unpaired) electrons. The van der Waals surface area contributed by atoms with Gasteiger partial charge >= 0.3 is 0 Å². The van der Waals surface area contributed by atoms with Crippen molar-refractivity contribution in [1.82, 2.24) is 4.98 Å². The quantitative estimate of drug-likeness (QED) is 0.918. The van der Waals surface area contributed by atoms with Gasteiger partial charge in [0.1, 0.15) is 6.10 Å². The van der Waals surface area contributed by atoms with Crippen LogP contribution in [0.25, 0.3) is 0 Å². The number of thiophene rings is 1. The van der Waals surface area contributed by atoms with Crippen molar-refractivity contribution in [2.45, 2.75) is 20.0 Å². The number of aromatic nitrogens is 1. The first-order chi connectivity index (χ1) is 7.09. The zero-order valence-electron chi connectivity index (χ0n) is 8.32. The van der Waals surface area contributed by atoms with Crippen LogP contribution < -0.4 is 0 Å². The van der Waals surface area contributed by atoms with E-state index < -0.39 is 6.10 Å². The third-order valence-corrected chi connectivity index (χ3v) is 5.13. The molecule has 0 saturated heterocycles. The van der Waals surface area contributed by atoms with Crippen LogP contribution in [0.5, 0.6) is 0 Å². The zero-order valence-corrected chi connectivity index (χ0v) is 11.5. The Morgan fingerprint density at radius 2 is 2.13 bits per heavy atom. The Balaban J connectivity index is 2.40. The first-order valence-electron chi connectivity index (χ1n) is 4.44. The molecular formula is C10H10BrNOS2. The van der Waals surface area contributed by atoms with Gasteiger partial charge in [0.05, 0.1) is 20.5 Å². The Hall–Kier alpha value is -0.230. The number of hydrogen-bond acceptors (Lipinski definition) is 4. The van der Waals surface area contributed by atoms with E-state index in [0.29, 0.717) is 0 Å². The molecule has 1 atom stereocenters. The lowest BCUT2D eigenvalue weighted by molar-refractivity contribution is 0.226. The molecule has 0 bridgehead atoms. The topological polar surface area (TPSA) is 33.1 Å². The minimum absolute atomic E-state index is 0.550. The second-order valence-corrected chi connectivity index (χ2v) is 6.25. The van der Waals surface area contributed by atoms with Gasteiger partial charge in [-0.2, -0.15) is 0 Å². The standard InChI is InChI=1S/C10H10BrNOS2/c1-5-9(15-6(2)12-5)8(13)10-7(11)3-4-14-10/h3-4,8,13H,1-2H3. The van der Waals surface area contributed by atoms with E-state index in [0.717, 1.165) is 24.9 Å². The van der Waals surface area contributed by atoms with Crippen molar-refractivity contribution < 1.29 is 5.11 Å². The van der Waals surface area contributed by atoms with E-state index in [1.165, 1.54) is 0 Å². The molecule has 2 heterocycles. The van der Waals surface area contributed by atoms with Gasteiger partial charge in [-0.05, 0) is 41.2 Å². The average Bonchev–Trinajstić information content (AvgIpc) is 2.71. The summed E-state index contributed by atoms with van der Waals surface area (Å²) in [4.78, 5) is 6.21. The number of nitrogens with zero attached hydrogens (tertiary/aromatic N) is 1. The van der Waals surface area contributed by atoms with Crippen molar-refractivity contribution in [2.24, 2.45) is 0 Å². The number of aliphatic hydroxyl groups excluding tert-OH is 1. The predicted molar refractivity (Wildman–Crippen MR) is 67.7 cm³/mol. The molecule has 0 saturated carbocycles. The Labute approximate surface area is 105 Å². The molecule has 0 fully saturated rings. The van der Waals surface area contributed by atoms with Crippen LogP contribution in [0.1, 0.15) is 26.6 Å². The van der Waals surface area contributed by atoms with Crippen molar-refractivity contribution in [3.05, 3.63) is 36.4 Å². The number of halogens is 1. The number of aliphatic hydroxyl groups is 1. The van der Waals surface area contributed by atoms with E-state index in [1.54, 1.807) is 22.7 Å². The van der Waals surface area contributed by atoms with Crippen LogP contribution in [-0.4, -0.2) is 10.1 Å². The molecule has 0 aromatic carbocycles. The molecule has 2 rings (SSSR count). The molecule has 2 aromatic rings. The summed E-state index contributed by atoms with van der Waals surface area (Å²) in [5.74, 6) is 0. The molecule has 5 heteroatoms. The second kappa shape index (κ2) is 4.33. The molecule has 0 aliphatic heterocycles. The first-order valence-corrected chi connectivity index (χ1v) is 6.93. The molecule has 2 nitrogen and oxygen atoms in total. The highest BCUT2D eigenvalue weighted by molar-refractivity contribution is 9.10. The van der Waals surface area contributed by atoms with Crippen molar-refractivity contribution in [1.29, 1.82) is 0 Å². The monoisotopic (exact) mass is 303 g/mol. The summed E-state index contributed by atoms with van der Waals surface area (Å²) in [5.41, 5.74) is 0.922. The summed E-state index contributed by atoms with van der Waals surface area (Å²) in [5, 5.41) is 13.2. The van der Waals surface area contributed by atoms with Gasteiger partial charge < -0.3 is 5.11 Å². The van der Waals surface area contributed by atoms with E-state index in [4.69, 9.17) is 0 Å². The highest BCUT2D eigenvalue weighted by Gasteiger charge is 2.19. The lowest BCUT2D eigenvalue weighted by Crippen LogP contribution is -1.97. The van der Waals surface area contributed by atoms with Crippen molar-refractivity contribution in [3.63, 3.8) is 0 Å². The summed E-state index contributed by atoms with van der Waals surface area (Å²) in [6, 6.07) is 1.95. The fourth-order valence-corrected chi connectivity index (χ4v) is 4.00. The summed E-state index contributed by atoms with van der Waals surface area (Å²) in [7, 11) is 0. The highest BCUT2D eigenvalue weighted by atomic mass is 79.9. The van der Waals surface area contributed by atoms with Crippen LogP contribution >= 0.6 is 38.6 Å². The summed E-state index contributed by atoms with van der Waals surface area (Å²) < 4.78 is 0.963. The lowest BCUT2D eigenvalue weighted by Gasteiger charge is -2.07. The molecule has 0 amide bonds. The molecule has 2 aromatic heterocycles. The summed E-state index contributed by atoms with van der Waals surface area (Å²) in [6.07, 6.45) is -0.550. The Morgan fingerprint density at radius 1 is 1.40 bits per heavy atom. The molecular weight excluding hydrogens is 294 g/mol. The van der Waals surface area contributed by atoms with Crippen molar-refractivity contribution >= 4 is 38.6 Å². The number of rotatable bonds is 2. The molecule has 1 N–H and O–H groups in total. The van der Waals surface area contributed by atoms with E-state index >= 15 is 0 Å². The fraction of sp³-hybridized carbons (Fsp3) is 0.300. The van der Waals surface area contributed by atoms with Gasteiger partial charge in [0.15, 0.2) is 0 Å². The van der Waals surface area contributed by atoms with Gasteiger partial charge in [-0.15, -0.1) is 22.7 Å².